The number of carbonyl (C=O) groups excluding carboxylic acids is 2. The monoisotopic (exact) mass is 275 g/mol. The van der Waals surface area contributed by atoms with Crippen molar-refractivity contribution in [1.29, 1.82) is 0 Å². The number of amides is 1. The fourth-order valence-electron chi connectivity index (χ4n) is 2.48. The molecule has 0 spiro atoms. The van der Waals surface area contributed by atoms with E-state index in [1.165, 1.54) is 0 Å². The highest BCUT2D eigenvalue weighted by molar-refractivity contribution is 6.52. The molecule has 0 saturated carbocycles. The number of hydrogen-bond acceptors (Lipinski definition) is 3. The molecule has 2 rings (SSSR count). The first-order valence-electron chi connectivity index (χ1n) is 7.12. The van der Waals surface area contributed by atoms with E-state index in [0.29, 0.717) is 25.3 Å². The summed E-state index contributed by atoms with van der Waals surface area (Å²) < 4.78 is 5.50. The van der Waals surface area contributed by atoms with E-state index >= 15 is 0 Å². The summed E-state index contributed by atoms with van der Waals surface area (Å²) in [6, 6.07) is 3.84. The van der Waals surface area contributed by atoms with Crippen molar-refractivity contribution in [3.63, 3.8) is 0 Å². The van der Waals surface area contributed by atoms with E-state index in [0.717, 1.165) is 29.7 Å². The van der Waals surface area contributed by atoms with Crippen LogP contribution in [-0.2, 0) is 9.53 Å². The maximum atomic E-state index is 12.1. The van der Waals surface area contributed by atoms with Gasteiger partial charge in [-0.05, 0) is 31.4 Å². The Morgan fingerprint density at radius 1 is 1.10 bits per heavy atom. The van der Waals surface area contributed by atoms with Crippen LogP contribution in [0.4, 0.5) is 5.69 Å². The molecule has 0 radical (unpaired) electrons. The Hall–Kier alpha value is -1.68. The molecule has 0 aromatic heterocycles. The average molecular weight is 275 g/mol. The van der Waals surface area contributed by atoms with Crippen molar-refractivity contribution in [3.05, 3.63) is 28.8 Å². The van der Waals surface area contributed by atoms with E-state index < -0.39 is 11.7 Å². The molecule has 0 bridgehead atoms. The highest BCUT2D eigenvalue weighted by Crippen LogP contribution is 2.34. The van der Waals surface area contributed by atoms with Crippen molar-refractivity contribution in [2.45, 2.75) is 33.6 Å². The zero-order chi connectivity index (χ0) is 14.7. The summed E-state index contributed by atoms with van der Waals surface area (Å²) in [7, 11) is 0. The van der Waals surface area contributed by atoms with Crippen molar-refractivity contribution >= 4 is 17.4 Å². The number of anilines is 1. The van der Waals surface area contributed by atoms with E-state index in [4.69, 9.17) is 4.74 Å². The number of benzene rings is 1. The van der Waals surface area contributed by atoms with Gasteiger partial charge in [0.15, 0.2) is 0 Å². The van der Waals surface area contributed by atoms with E-state index in [1.54, 1.807) is 4.90 Å². The van der Waals surface area contributed by atoms with Crippen LogP contribution < -0.4 is 4.90 Å². The van der Waals surface area contributed by atoms with E-state index in [2.05, 4.69) is 6.92 Å². The Morgan fingerprint density at radius 2 is 1.80 bits per heavy atom. The van der Waals surface area contributed by atoms with Gasteiger partial charge in [0, 0.05) is 13.2 Å². The standard InChI is InChI=1S/C16H21NO3/c1-4-5-9-20-10-8-17-14-12(3)7-6-11(2)13(14)15(18)16(17)19/h6-7H,4-5,8-10H2,1-3H3. The second-order valence-electron chi connectivity index (χ2n) is 5.17. The molecule has 0 saturated heterocycles. The first-order valence-corrected chi connectivity index (χ1v) is 7.12. The molecule has 4 heteroatoms. The quantitative estimate of drug-likeness (QED) is 0.592. The number of hydrogen-bond donors (Lipinski definition) is 0. The second kappa shape index (κ2) is 6.18. The highest BCUT2D eigenvalue weighted by Gasteiger charge is 2.37. The van der Waals surface area contributed by atoms with Crippen LogP contribution in [0.15, 0.2) is 12.1 Å². The SMILES string of the molecule is CCCCOCCN1C(=O)C(=O)c2c(C)ccc(C)c21. The van der Waals surface area contributed by atoms with Gasteiger partial charge in [-0.3, -0.25) is 9.59 Å². The molecule has 0 aliphatic carbocycles. The van der Waals surface area contributed by atoms with Crippen LogP contribution in [0.25, 0.3) is 0 Å². The maximum absolute atomic E-state index is 12.1. The van der Waals surface area contributed by atoms with Gasteiger partial charge in [-0.2, -0.15) is 0 Å². The molecule has 1 amide bonds. The smallest absolute Gasteiger partial charge is 0.299 e. The zero-order valence-electron chi connectivity index (χ0n) is 12.4. The third kappa shape index (κ3) is 2.61. The summed E-state index contributed by atoms with van der Waals surface area (Å²) in [5.74, 6) is -0.828. The van der Waals surface area contributed by atoms with Crippen LogP contribution in [0.3, 0.4) is 0 Å². The van der Waals surface area contributed by atoms with Gasteiger partial charge in [0.25, 0.3) is 11.7 Å². The van der Waals surface area contributed by atoms with Crippen LogP contribution in [0, 0.1) is 13.8 Å². The van der Waals surface area contributed by atoms with Gasteiger partial charge in [0.1, 0.15) is 0 Å². The summed E-state index contributed by atoms with van der Waals surface area (Å²) in [5.41, 5.74) is 3.14. The van der Waals surface area contributed by atoms with Crippen LogP contribution in [0.2, 0.25) is 0 Å². The number of nitrogens with zero attached hydrogens (tertiary/aromatic N) is 1. The van der Waals surface area contributed by atoms with Crippen LogP contribution in [-0.4, -0.2) is 31.4 Å². The largest absolute Gasteiger partial charge is 0.380 e. The molecule has 1 aromatic carbocycles. The molecule has 1 aromatic rings. The lowest BCUT2D eigenvalue weighted by Crippen LogP contribution is -2.33. The lowest BCUT2D eigenvalue weighted by molar-refractivity contribution is -0.114. The fraction of sp³-hybridized carbons (Fsp3) is 0.500. The molecule has 1 aliphatic heterocycles. The number of aryl methyl sites for hydroxylation is 2. The molecular weight excluding hydrogens is 254 g/mol. The second-order valence-corrected chi connectivity index (χ2v) is 5.17. The van der Waals surface area contributed by atoms with Crippen molar-refractivity contribution in [1.82, 2.24) is 0 Å². The lowest BCUT2D eigenvalue weighted by atomic mass is 10.0. The van der Waals surface area contributed by atoms with Gasteiger partial charge in [-0.25, -0.2) is 0 Å². The number of ketones is 1. The Balaban J connectivity index is 2.14. The van der Waals surface area contributed by atoms with Crippen molar-refractivity contribution < 1.29 is 14.3 Å². The van der Waals surface area contributed by atoms with Gasteiger partial charge >= 0.3 is 0 Å². The van der Waals surface area contributed by atoms with Crippen molar-refractivity contribution in [2.24, 2.45) is 0 Å². The lowest BCUT2D eigenvalue weighted by Gasteiger charge is -2.18. The number of ether oxygens (including phenoxy) is 1. The molecule has 4 nitrogen and oxygen atoms in total. The van der Waals surface area contributed by atoms with Crippen molar-refractivity contribution in [2.75, 3.05) is 24.7 Å². The predicted octanol–water partition coefficient (Wildman–Crippen LogP) is 2.65. The maximum Gasteiger partial charge on any atom is 0.299 e. The van der Waals surface area contributed by atoms with Crippen LogP contribution >= 0.6 is 0 Å². The molecule has 0 fully saturated rings. The molecule has 0 atom stereocenters. The first-order chi connectivity index (χ1) is 9.57. The minimum atomic E-state index is -0.434. The summed E-state index contributed by atoms with van der Waals surface area (Å²) in [6.45, 7) is 7.50. The Labute approximate surface area is 119 Å². The molecule has 108 valence electrons. The van der Waals surface area contributed by atoms with Gasteiger partial charge in [-0.15, -0.1) is 0 Å². The Bertz CT molecular complexity index is 537. The van der Waals surface area contributed by atoms with E-state index in [1.807, 2.05) is 26.0 Å². The molecule has 0 unspecified atom stereocenters. The third-order valence-electron chi connectivity index (χ3n) is 3.63. The van der Waals surface area contributed by atoms with E-state index in [-0.39, 0.29) is 0 Å². The summed E-state index contributed by atoms with van der Waals surface area (Å²) in [6.07, 6.45) is 2.10. The minimum Gasteiger partial charge on any atom is -0.380 e. The molecule has 1 aliphatic rings. The highest BCUT2D eigenvalue weighted by atomic mass is 16.5. The average Bonchev–Trinajstić information content (AvgIpc) is 2.68. The normalized spacial score (nSPS) is 14.1. The van der Waals surface area contributed by atoms with Crippen molar-refractivity contribution in [3.8, 4) is 0 Å². The molecular formula is C16H21NO3. The summed E-state index contributed by atoms with van der Waals surface area (Å²) in [4.78, 5) is 25.8. The number of rotatable bonds is 6. The molecule has 0 N–H and O–H groups in total. The predicted molar refractivity (Wildman–Crippen MR) is 78.3 cm³/mol. The minimum absolute atomic E-state index is 0.394. The number of fused-ring (bicyclic) bond motifs is 1. The summed E-state index contributed by atoms with van der Waals surface area (Å²) >= 11 is 0. The van der Waals surface area contributed by atoms with E-state index in [9.17, 15) is 9.59 Å². The Morgan fingerprint density at radius 3 is 2.50 bits per heavy atom. The van der Waals surface area contributed by atoms with Gasteiger partial charge < -0.3 is 9.64 Å². The zero-order valence-corrected chi connectivity index (χ0v) is 12.4. The molecule has 1 heterocycles. The fourth-order valence-corrected chi connectivity index (χ4v) is 2.48. The van der Waals surface area contributed by atoms with Crippen LogP contribution in [0.1, 0.15) is 41.3 Å². The number of Topliss-reactive ketones (excluding diaryl/α,β-unsaturated/α-hetero) is 1. The van der Waals surface area contributed by atoms with Gasteiger partial charge in [0.2, 0.25) is 0 Å². The van der Waals surface area contributed by atoms with Gasteiger partial charge in [-0.1, -0.05) is 25.5 Å². The number of unbranched alkanes of at least 4 members (excludes halogenated alkanes) is 1. The van der Waals surface area contributed by atoms with Crippen LogP contribution in [0.5, 0.6) is 0 Å². The molecule has 20 heavy (non-hydrogen) atoms. The number of carbonyl (C=O) groups is 2. The topological polar surface area (TPSA) is 46.6 Å². The first kappa shape index (κ1) is 14.7. The summed E-state index contributed by atoms with van der Waals surface area (Å²) in [5, 5.41) is 0. The van der Waals surface area contributed by atoms with Gasteiger partial charge in [0.05, 0.1) is 17.9 Å². The Kier molecular flexibility index (Phi) is 4.55. The third-order valence-corrected chi connectivity index (χ3v) is 3.63.